The summed E-state index contributed by atoms with van der Waals surface area (Å²) < 4.78 is 9.77. The minimum Gasteiger partial charge on any atom is -0.309 e. The molecule has 0 bridgehead atoms. The fourth-order valence-corrected chi connectivity index (χ4v) is 14.2. The summed E-state index contributed by atoms with van der Waals surface area (Å²) in [5.74, 6) is 0. The first-order chi connectivity index (χ1) is 42.7. The minimum atomic E-state index is 0.918. The van der Waals surface area contributed by atoms with Crippen molar-refractivity contribution < 1.29 is 0 Å². The summed E-state index contributed by atoms with van der Waals surface area (Å²) in [7, 11) is 0. The molecule has 0 saturated carbocycles. The molecule has 13 aromatic carbocycles. The van der Waals surface area contributed by atoms with Gasteiger partial charge in [0.25, 0.3) is 0 Å². The Kier molecular flexibility index (Phi) is 10.6. The van der Waals surface area contributed by atoms with Crippen molar-refractivity contribution in [2.24, 2.45) is 0 Å². The normalized spacial score (nSPS) is 12.0. The lowest BCUT2D eigenvalue weighted by molar-refractivity contribution is 1.10. The maximum atomic E-state index is 5.25. The van der Waals surface area contributed by atoms with Gasteiger partial charge < -0.3 is 18.3 Å². The highest BCUT2D eigenvalue weighted by Crippen LogP contribution is 2.45. The average Bonchev–Trinajstić information content (AvgIpc) is 1.74. The van der Waals surface area contributed by atoms with Gasteiger partial charge in [-0.15, -0.1) is 0 Å². The number of rotatable bonds is 8. The van der Waals surface area contributed by atoms with Crippen molar-refractivity contribution >= 4 is 98.1 Å². The van der Waals surface area contributed by atoms with E-state index >= 15 is 0 Å². The Balaban J connectivity index is 0.865. The van der Waals surface area contributed by atoms with Crippen molar-refractivity contribution in [3.8, 4) is 67.3 Å². The molecule has 0 atom stereocenters. The number of fused-ring (bicyclic) bond motifs is 13. The molecule has 5 nitrogen and oxygen atoms in total. The van der Waals surface area contributed by atoms with E-state index in [9.17, 15) is 0 Å². The first-order valence-corrected chi connectivity index (χ1v) is 29.5. The molecule has 0 aliphatic carbocycles. The van der Waals surface area contributed by atoms with Crippen LogP contribution in [0.3, 0.4) is 0 Å². The van der Waals surface area contributed by atoms with Crippen LogP contribution in [0.2, 0.25) is 0 Å². The fraction of sp³-hybridized carbons (Fsp3) is 0. The number of pyridine rings is 1. The molecule has 0 fully saturated rings. The topological polar surface area (TPSA) is 32.6 Å². The van der Waals surface area contributed by atoms with E-state index in [2.05, 4.69) is 322 Å². The molecule has 0 saturated heterocycles. The van der Waals surface area contributed by atoms with Crippen molar-refractivity contribution in [1.82, 2.24) is 23.3 Å². The first kappa shape index (κ1) is 48.0. The third-order valence-corrected chi connectivity index (χ3v) is 18.0. The summed E-state index contributed by atoms with van der Waals surface area (Å²) in [6.45, 7) is 0. The highest BCUT2D eigenvalue weighted by atomic mass is 15.1. The van der Waals surface area contributed by atoms with Crippen molar-refractivity contribution in [3.05, 3.63) is 310 Å². The van der Waals surface area contributed by atoms with Gasteiger partial charge in [0, 0.05) is 66.0 Å². The van der Waals surface area contributed by atoms with Gasteiger partial charge in [0.2, 0.25) is 0 Å². The SMILES string of the molecule is c1ccc(-c2ccccc2-c2ccnc3cc(-n4c5ccccc5c5cc(-c6ccc7c(c6)c6ccccc6n7-c6ccccc6)ccc54)c(-n4c5ccccc5c5cc(-c6ccc7c(c6)c6ccccc6n7-c6ccccc6)ccc54)cc23)cc1. The molecule has 0 radical (unpaired) electrons. The van der Waals surface area contributed by atoms with Crippen LogP contribution in [0.4, 0.5) is 0 Å². The highest BCUT2D eigenvalue weighted by Gasteiger charge is 2.24. The average molecular weight is 1090 g/mol. The van der Waals surface area contributed by atoms with Crippen LogP contribution in [0.5, 0.6) is 0 Å². The molecule has 0 aliphatic heterocycles. The molecule has 400 valence electrons. The van der Waals surface area contributed by atoms with Crippen LogP contribution in [0.15, 0.2) is 310 Å². The highest BCUT2D eigenvalue weighted by molar-refractivity contribution is 6.16. The molecule has 18 rings (SSSR count). The smallest absolute Gasteiger partial charge is 0.0730 e. The van der Waals surface area contributed by atoms with E-state index in [1.54, 1.807) is 0 Å². The second-order valence-corrected chi connectivity index (χ2v) is 22.6. The zero-order chi connectivity index (χ0) is 56.4. The van der Waals surface area contributed by atoms with E-state index in [1.165, 1.54) is 98.5 Å². The van der Waals surface area contributed by atoms with Crippen LogP contribution < -0.4 is 0 Å². The van der Waals surface area contributed by atoms with Gasteiger partial charge in [0.05, 0.1) is 61.0 Å². The van der Waals surface area contributed by atoms with Gasteiger partial charge in [-0.25, -0.2) is 0 Å². The molecule has 0 N–H and O–H groups in total. The summed E-state index contributed by atoms with van der Waals surface area (Å²) >= 11 is 0. The van der Waals surface area contributed by atoms with E-state index < -0.39 is 0 Å². The van der Waals surface area contributed by atoms with Crippen molar-refractivity contribution in [2.45, 2.75) is 0 Å². The second-order valence-electron chi connectivity index (χ2n) is 22.6. The van der Waals surface area contributed by atoms with Gasteiger partial charge in [-0.3, -0.25) is 4.98 Å². The molecule has 18 aromatic rings. The predicted octanol–water partition coefficient (Wildman–Crippen LogP) is 21.3. The largest absolute Gasteiger partial charge is 0.309 e. The molecule has 0 aliphatic rings. The van der Waals surface area contributed by atoms with Gasteiger partial charge >= 0.3 is 0 Å². The second kappa shape index (κ2) is 19.0. The summed E-state index contributed by atoms with van der Waals surface area (Å²) in [6, 6.07) is 111. The van der Waals surface area contributed by atoms with E-state index in [4.69, 9.17) is 4.98 Å². The number of benzene rings is 13. The number of aromatic nitrogens is 5. The number of nitrogens with zero attached hydrogens (tertiary/aromatic N) is 5. The summed E-state index contributed by atoms with van der Waals surface area (Å²) in [5, 5.41) is 10.8. The zero-order valence-corrected chi connectivity index (χ0v) is 46.7. The minimum absolute atomic E-state index is 0.918. The molecule has 86 heavy (non-hydrogen) atoms. The third-order valence-electron chi connectivity index (χ3n) is 18.0. The Morgan fingerprint density at radius 2 is 0.535 bits per heavy atom. The maximum absolute atomic E-state index is 5.25. The standard InChI is InChI=1S/C81H51N5/c1-4-20-52(21-5-1)59-26-10-11-27-60(59)61-44-45-82-71-51-81(86-75-35-19-15-31-65(75)70-49-56(39-43-79(70)86)54-37-41-77-68(47-54)63-29-13-17-33-73(63)84(77)58-24-8-3-9-25-58)80(50-66(61)71)85-74-34-18-14-30-64(74)69-48-55(38-42-78(69)85)53-36-40-76-67(46-53)62-28-12-16-32-72(62)83(76)57-22-6-2-7-23-57/h1-51H. The molecule has 0 unspecified atom stereocenters. The Bertz CT molecular complexity index is 5760. The van der Waals surface area contributed by atoms with Crippen LogP contribution >= 0.6 is 0 Å². The molecule has 5 heterocycles. The predicted molar refractivity (Wildman–Crippen MR) is 361 cm³/mol. The molecular weight excluding hydrogens is 1040 g/mol. The van der Waals surface area contributed by atoms with E-state index in [-0.39, 0.29) is 0 Å². The third kappa shape index (κ3) is 7.28. The molecule has 0 spiro atoms. The summed E-state index contributed by atoms with van der Waals surface area (Å²) in [6.07, 6.45) is 1.98. The van der Waals surface area contributed by atoms with E-state index in [1.807, 2.05) is 6.20 Å². The van der Waals surface area contributed by atoms with E-state index in [0.29, 0.717) is 0 Å². The lowest BCUT2D eigenvalue weighted by Gasteiger charge is -2.20. The molecule has 5 heteroatoms. The lowest BCUT2D eigenvalue weighted by Crippen LogP contribution is -2.04. The van der Waals surface area contributed by atoms with Crippen molar-refractivity contribution in [1.29, 1.82) is 0 Å². The van der Waals surface area contributed by atoms with Gasteiger partial charge in [-0.1, -0.05) is 188 Å². The zero-order valence-electron chi connectivity index (χ0n) is 46.7. The Morgan fingerprint density at radius 1 is 0.198 bits per heavy atom. The summed E-state index contributed by atoms with van der Waals surface area (Å²) in [4.78, 5) is 5.25. The van der Waals surface area contributed by atoms with Crippen LogP contribution in [0.1, 0.15) is 0 Å². The fourth-order valence-electron chi connectivity index (χ4n) is 14.2. The molecule has 0 amide bonds. The van der Waals surface area contributed by atoms with E-state index in [0.717, 1.165) is 66.8 Å². The van der Waals surface area contributed by atoms with Crippen molar-refractivity contribution in [3.63, 3.8) is 0 Å². The van der Waals surface area contributed by atoms with Gasteiger partial charge in [-0.05, 0) is 160 Å². The Labute approximate surface area is 495 Å². The lowest BCUT2D eigenvalue weighted by atomic mass is 9.92. The first-order valence-electron chi connectivity index (χ1n) is 29.5. The molecular formula is C81H51N5. The van der Waals surface area contributed by atoms with Crippen LogP contribution in [-0.4, -0.2) is 23.3 Å². The molecule has 5 aromatic heterocycles. The van der Waals surface area contributed by atoms with Crippen LogP contribution in [-0.2, 0) is 0 Å². The maximum Gasteiger partial charge on any atom is 0.0730 e. The van der Waals surface area contributed by atoms with Crippen molar-refractivity contribution in [2.75, 3.05) is 0 Å². The quantitative estimate of drug-likeness (QED) is 0.149. The monoisotopic (exact) mass is 1090 g/mol. The number of para-hydroxylation sites is 6. The van der Waals surface area contributed by atoms with Gasteiger partial charge in [0.15, 0.2) is 0 Å². The Morgan fingerprint density at radius 3 is 0.977 bits per heavy atom. The number of hydrogen-bond acceptors (Lipinski definition) is 1. The summed E-state index contributed by atoms with van der Waals surface area (Å²) in [5.41, 5.74) is 23.9. The number of hydrogen-bond donors (Lipinski definition) is 0. The van der Waals surface area contributed by atoms with Crippen LogP contribution in [0, 0.1) is 0 Å². The Hall–Kier alpha value is -11.5. The van der Waals surface area contributed by atoms with Gasteiger partial charge in [0.1, 0.15) is 0 Å². The van der Waals surface area contributed by atoms with Gasteiger partial charge in [-0.2, -0.15) is 0 Å². The van der Waals surface area contributed by atoms with Crippen LogP contribution in [0.25, 0.3) is 165 Å².